The molecule has 1 fully saturated rings. The van der Waals surface area contributed by atoms with E-state index in [0.717, 1.165) is 19.3 Å². The van der Waals surface area contributed by atoms with Gasteiger partial charge in [0.05, 0.1) is 12.7 Å². The number of hydrogen-bond donors (Lipinski definition) is 4. The molecule has 1 amide bonds. The van der Waals surface area contributed by atoms with E-state index in [1.54, 1.807) is 0 Å². The van der Waals surface area contributed by atoms with Crippen LogP contribution in [0.2, 0.25) is 0 Å². The molecule has 7 nitrogen and oxygen atoms in total. The van der Waals surface area contributed by atoms with Crippen molar-refractivity contribution in [3.8, 4) is 0 Å². The lowest BCUT2D eigenvalue weighted by atomic mass is 10.0. The summed E-state index contributed by atoms with van der Waals surface area (Å²) in [5.74, 6) is 0.0395. The number of aliphatic hydroxyl groups is 2. The number of unbranched alkanes of at least 4 members (excludes halogenated alkanes) is 1. The Morgan fingerprint density at radius 3 is 2.90 bits per heavy atom. The maximum atomic E-state index is 11.4. The molecule has 124 valence electrons. The standard InChI is InChI=1S/C14H28N2O5/c15-6-3-7-16-13(18)4-1-2-8-20-10-12-14(19)11(17)5-9-21-12/h11-12,14,17,19H,1-10,15H2,(H,16,18). The van der Waals surface area contributed by atoms with Crippen molar-refractivity contribution in [1.29, 1.82) is 0 Å². The Morgan fingerprint density at radius 1 is 1.33 bits per heavy atom. The van der Waals surface area contributed by atoms with Crippen LogP contribution in [0.15, 0.2) is 0 Å². The molecule has 0 aromatic carbocycles. The van der Waals surface area contributed by atoms with Crippen molar-refractivity contribution in [3.63, 3.8) is 0 Å². The molecule has 3 unspecified atom stereocenters. The number of carbonyl (C=O) groups is 1. The highest BCUT2D eigenvalue weighted by atomic mass is 16.5. The van der Waals surface area contributed by atoms with Crippen molar-refractivity contribution in [2.24, 2.45) is 5.73 Å². The highest BCUT2D eigenvalue weighted by Gasteiger charge is 2.31. The van der Waals surface area contributed by atoms with E-state index in [2.05, 4.69) is 5.32 Å². The largest absolute Gasteiger partial charge is 0.390 e. The van der Waals surface area contributed by atoms with Crippen LogP contribution in [0.4, 0.5) is 0 Å². The van der Waals surface area contributed by atoms with Crippen molar-refractivity contribution in [1.82, 2.24) is 5.32 Å². The number of aliphatic hydroxyl groups excluding tert-OH is 2. The summed E-state index contributed by atoms with van der Waals surface area (Å²) in [5, 5.41) is 22.0. The first-order chi connectivity index (χ1) is 10.1. The fraction of sp³-hybridized carbons (Fsp3) is 0.929. The first-order valence-electron chi connectivity index (χ1n) is 7.67. The van der Waals surface area contributed by atoms with Gasteiger partial charge >= 0.3 is 0 Å². The maximum absolute atomic E-state index is 11.4. The smallest absolute Gasteiger partial charge is 0.219 e. The zero-order valence-corrected chi connectivity index (χ0v) is 12.5. The normalized spacial score (nSPS) is 25.8. The molecule has 1 aliphatic rings. The minimum atomic E-state index is -0.882. The van der Waals surface area contributed by atoms with Crippen LogP contribution in [0, 0.1) is 0 Å². The molecule has 3 atom stereocenters. The minimum absolute atomic E-state index is 0.0395. The Hall–Kier alpha value is -0.730. The van der Waals surface area contributed by atoms with Crippen molar-refractivity contribution >= 4 is 5.91 Å². The number of amides is 1. The van der Waals surface area contributed by atoms with Crippen LogP contribution in [0.5, 0.6) is 0 Å². The molecule has 0 saturated carbocycles. The lowest BCUT2D eigenvalue weighted by Gasteiger charge is -2.31. The fourth-order valence-corrected chi connectivity index (χ4v) is 2.11. The van der Waals surface area contributed by atoms with Gasteiger partial charge in [0.2, 0.25) is 5.91 Å². The van der Waals surface area contributed by atoms with E-state index >= 15 is 0 Å². The molecular formula is C14H28N2O5. The van der Waals surface area contributed by atoms with Gasteiger partial charge in [-0.2, -0.15) is 0 Å². The summed E-state index contributed by atoms with van der Waals surface area (Å²) >= 11 is 0. The third kappa shape index (κ3) is 7.73. The first-order valence-corrected chi connectivity index (χ1v) is 7.67. The average molecular weight is 304 g/mol. The molecule has 1 aliphatic heterocycles. The van der Waals surface area contributed by atoms with Crippen LogP contribution in [0.25, 0.3) is 0 Å². The summed E-state index contributed by atoms with van der Waals surface area (Å²) in [6.45, 7) is 2.43. The zero-order chi connectivity index (χ0) is 15.5. The van der Waals surface area contributed by atoms with Crippen LogP contribution in [0.3, 0.4) is 0 Å². The molecule has 1 heterocycles. The fourth-order valence-electron chi connectivity index (χ4n) is 2.11. The molecular weight excluding hydrogens is 276 g/mol. The van der Waals surface area contributed by atoms with Gasteiger partial charge in [-0.05, 0) is 32.2 Å². The van der Waals surface area contributed by atoms with Crippen molar-refractivity contribution in [3.05, 3.63) is 0 Å². The molecule has 0 radical (unpaired) electrons. The Balaban J connectivity index is 1.96. The van der Waals surface area contributed by atoms with Crippen LogP contribution >= 0.6 is 0 Å². The van der Waals surface area contributed by atoms with Gasteiger partial charge in [-0.1, -0.05) is 0 Å². The number of hydrogen-bond acceptors (Lipinski definition) is 6. The summed E-state index contributed by atoms with van der Waals surface area (Å²) in [4.78, 5) is 11.4. The van der Waals surface area contributed by atoms with Gasteiger partial charge in [-0.3, -0.25) is 4.79 Å². The molecule has 0 spiro atoms. The Bertz CT molecular complexity index is 291. The second-order valence-corrected chi connectivity index (χ2v) is 5.28. The van der Waals surface area contributed by atoms with Crippen LogP contribution in [0.1, 0.15) is 32.1 Å². The van der Waals surface area contributed by atoms with Crippen molar-refractivity contribution < 1.29 is 24.5 Å². The summed E-state index contributed by atoms with van der Waals surface area (Å²) in [5.41, 5.74) is 5.34. The topological polar surface area (TPSA) is 114 Å². The summed E-state index contributed by atoms with van der Waals surface area (Å²) in [6, 6.07) is 0. The van der Waals surface area contributed by atoms with E-state index in [1.165, 1.54) is 0 Å². The predicted molar refractivity (Wildman–Crippen MR) is 77.7 cm³/mol. The van der Waals surface area contributed by atoms with E-state index in [4.69, 9.17) is 15.2 Å². The van der Waals surface area contributed by atoms with Crippen molar-refractivity contribution in [2.45, 2.75) is 50.4 Å². The van der Waals surface area contributed by atoms with E-state index in [9.17, 15) is 15.0 Å². The Labute approximate surface area is 125 Å². The third-order valence-electron chi connectivity index (χ3n) is 3.45. The monoisotopic (exact) mass is 304 g/mol. The molecule has 0 aliphatic carbocycles. The first kappa shape index (κ1) is 18.3. The predicted octanol–water partition coefficient (Wildman–Crippen LogP) is -0.851. The third-order valence-corrected chi connectivity index (χ3v) is 3.45. The average Bonchev–Trinajstić information content (AvgIpc) is 2.47. The molecule has 7 heteroatoms. The second kappa shape index (κ2) is 10.9. The Morgan fingerprint density at radius 2 is 2.14 bits per heavy atom. The second-order valence-electron chi connectivity index (χ2n) is 5.28. The van der Waals surface area contributed by atoms with E-state index in [0.29, 0.717) is 39.1 Å². The van der Waals surface area contributed by atoms with E-state index in [1.807, 2.05) is 0 Å². The molecule has 0 aromatic heterocycles. The van der Waals surface area contributed by atoms with Crippen LogP contribution < -0.4 is 11.1 Å². The maximum Gasteiger partial charge on any atom is 0.219 e. The van der Waals surface area contributed by atoms with Gasteiger partial charge in [0, 0.05) is 26.2 Å². The molecule has 0 bridgehead atoms. The van der Waals surface area contributed by atoms with Gasteiger partial charge in [0.1, 0.15) is 12.2 Å². The van der Waals surface area contributed by atoms with E-state index < -0.39 is 18.3 Å². The SMILES string of the molecule is NCCCNC(=O)CCCCOCC1OCCC(O)C1O. The molecule has 21 heavy (non-hydrogen) atoms. The lowest BCUT2D eigenvalue weighted by Crippen LogP contribution is -2.46. The van der Waals surface area contributed by atoms with Gasteiger partial charge in [0.25, 0.3) is 0 Å². The quantitative estimate of drug-likeness (QED) is 0.391. The summed E-state index contributed by atoms with van der Waals surface area (Å²) in [6.07, 6.45) is 1.18. The lowest BCUT2D eigenvalue weighted by molar-refractivity contribution is -0.154. The van der Waals surface area contributed by atoms with Gasteiger partial charge in [-0.15, -0.1) is 0 Å². The highest BCUT2D eigenvalue weighted by molar-refractivity contribution is 5.75. The molecule has 1 rings (SSSR count). The van der Waals surface area contributed by atoms with E-state index in [-0.39, 0.29) is 12.5 Å². The molecule has 0 aromatic rings. The number of nitrogens with two attached hydrogens (primary N) is 1. The zero-order valence-electron chi connectivity index (χ0n) is 12.5. The van der Waals surface area contributed by atoms with Gasteiger partial charge in [-0.25, -0.2) is 0 Å². The summed E-state index contributed by atoms with van der Waals surface area (Å²) in [7, 11) is 0. The van der Waals surface area contributed by atoms with Crippen molar-refractivity contribution in [2.75, 3.05) is 32.9 Å². The minimum Gasteiger partial charge on any atom is -0.390 e. The van der Waals surface area contributed by atoms with Crippen LogP contribution in [-0.4, -0.2) is 67.3 Å². The van der Waals surface area contributed by atoms with Gasteiger partial charge < -0.3 is 30.7 Å². The number of carbonyl (C=O) groups excluding carboxylic acids is 1. The highest BCUT2D eigenvalue weighted by Crippen LogP contribution is 2.15. The Kier molecular flexibility index (Phi) is 9.53. The number of nitrogens with one attached hydrogen (secondary N) is 1. The van der Waals surface area contributed by atoms with Gasteiger partial charge in [0.15, 0.2) is 0 Å². The molecule has 5 N–H and O–H groups in total. The number of rotatable bonds is 10. The van der Waals surface area contributed by atoms with Crippen LogP contribution in [-0.2, 0) is 14.3 Å². The molecule has 1 saturated heterocycles. The number of ether oxygens (including phenoxy) is 2. The summed E-state index contributed by atoms with van der Waals surface area (Å²) < 4.78 is 10.8.